The summed E-state index contributed by atoms with van der Waals surface area (Å²) in [5.41, 5.74) is 1.59. The number of hydrogen-bond donors (Lipinski definition) is 4. The predicted octanol–water partition coefficient (Wildman–Crippen LogP) is 0.208. The summed E-state index contributed by atoms with van der Waals surface area (Å²) in [7, 11) is 1.19. The monoisotopic (exact) mass is 279 g/mol. The fourth-order valence-corrected chi connectivity index (χ4v) is 1.93. The number of amides is 1. The van der Waals surface area contributed by atoms with Gasteiger partial charge in [-0.15, -0.1) is 0 Å². The summed E-state index contributed by atoms with van der Waals surface area (Å²) >= 11 is 0. The molecule has 106 valence electrons. The highest BCUT2D eigenvalue weighted by atomic mass is 16.5. The summed E-state index contributed by atoms with van der Waals surface area (Å²) in [5.74, 6) is -0.671. The molecule has 0 aliphatic heterocycles. The van der Waals surface area contributed by atoms with E-state index in [1.807, 2.05) is 0 Å². The summed E-state index contributed by atoms with van der Waals surface area (Å²) < 4.78 is 4.55. The van der Waals surface area contributed by atoms with E-state index in [1.54, 1.807) is 18.2 Å². The number of esters is 1. The highest BCUT2D eigenvalue weighted by molar-refractivity contribution is 5.81. The number of H-pyrrole nitrogens is 2. The quantitative estimate of drug-likeness (QED) is 0.595. The third-order valence-electron chi connectivity index (χ3n) is 2.80. The van der Waals surface area contributed by atoms with Gasteiger partial charge in [-0.3, -0.25) is 0 Å². The summed E-state index contributed by atoms with van der Waals surface area (Å²) in [6.45, 7) is 0. The number of carbonyl (C=O) groups is 2. The first kappa shape index (κ1) is 13.7. The van der Waals surface area contributed by atoms with Gasteiger partial charge in [-0.25, -0.2) is 14.4 Å². The summed E-state index contributed by atoms with van der Waals surface area (Å²) in [6, 6.07) is 4.05. The number of aromatic amines is 2. The molecule has 1 aromatic carbocycles. The predicted molar refractivity (Wildman–Crippen MR) is 69.6 cm³/mol. The van der Waals surface area contributed by atoms with Gasteiger partial charge in [-0.1, -0.05) is 6.07 Å². The second-order valence-corrected chi connectivity index (χ2v) is 4.19. The molecule has 4 N–H and O–H groups in total. The van der Waals surface area contributed by atoms with Crippen LogP contribution in [0.3, 0.4) is 0 Å². The summed E-state index contributed by atoms with van der Waals surface area (Å²) in [6.07, 6.45) is -1.18. The van der Waals surface area contributed by atoms with Crippen molar-refractivity contribution in [3.05, 3.63) is 34.2 Å². The molecule has 0 radical (unpaired) electrons. The van der Waals surface area contributed by atoms with Crippen LogP contribution in [-0.2, 0) is 16.0 Å². The van der Waals surface area contributed by atoms with E-state index in [-0.39, 0.29) is 12.1 Å². The Bertz CT molecular complexity index is 702. The molecule has 1 aromatic heterocycles. The van der Waals surface area contributed by atoms with Gasteiger partial charge in [0.1, 0.15) is 6.04 Å². The van der Waals surface area contributed by atoms with E-state index in [2.05, 4.69) is 20.0 Å². The Labute approximate surface area is 112 Å². The molecule has 1 atom stereocenters. The fourth-order valence-electron chi connectivity index (χ4n) is 1.93. The number of ether oxygens (including phenoxy) is 1. The normalized spacial score (nSPS) is 12.1. The van der Waals surface area contributed by atoms with E-state index in [4.69, 9.17) is 5.11 Å². The van der Waals surface area contributed by atoms with Gasteiger partial charge in [0.2, 0.25) is 0 Å². The van der Waals surface area contributed by atoms with E-state index in [0.29, 0.717) is 16.6 Å². The van der Waals surface area contributed by atoms with Crippen LogP contribution in [0.4, 0.5) is 4.79 Å². The number of fused-ring (bicyclic) bond motifs is 1. The average Bonchev–Trinajstić information content (AvgIpc) is 2.75. The van der Waals surface area contributed by atoms with Gasteiger partial charge in [-0.2, -0.15) is 0 Å². The number of nitrogens with one attached hydrogen (secondary N) is 3. The van der Waals surface area contributed by atoms with E-state index < -0.39 is 18.1 Å². The van der Waals surface area contributed by atoms with E-state index >= 15 is 0 Å². The Hall–Kier alpha value is -2.77. The lowest BCUT2D eigenvalue weighted by Gasteiger charge is -2.14. The van der Waals surface area contributed by atoms with Crippen molar-refractivity contribution < 1.29 is 19.4 Å². The lowest BCUT2D eigenvalue weighted by atomic mass is 10.1. The maximum atomic E-state index is 11.5. The molecule has 8 nitrogen and oxygen atoms in total. The molecular weight excluding hydrogens is 266 g/mol. The molecule has 0 bridgehead atoms. The smallest absolute Gasteiger partial charge is 0.405 e. The maximum absolute atomic E-state index is 11.5. The molecule has 0 aliphatic rings. The molecular formula is C12H13N3O5. The van der Waals surface area contributed by atoms with E-state index in [1.165, 1.54) is 7.11 Å². The van der Waals surface area contributed by atoms with Crippen LogP contribution >= 0.6 is 0 Å². The van der Waals surface area contributed by atoms with Gasteiger partial charge >= 0.3 is 17.8 Å². The van der Waals surface area contributed by atoms with Crippen LogP contribution < -0.4 is 11.0 Å². The number of benzene rings is 1. The van der Waals surface area contributed by atoms with Crippen molar-refractivity contribution in [2.75, 3.05) is 7.11 Å². The second-order valence-electron chi connectivity index (χ2n) is 4.19. The number of carboxylic acid groups (broad SMARTS) is 1. The standard InChI is InChI=1S/C12H13N3O5/c1-20-10(16)9(15-12(18)19)5-6-2-3-7-8(4-6)14-11(17)13-7/h2-4,9,15H,5H2,1H3,(H,18,19)(H2,13,14,17)/t9-/m1/s1. The number of imidazole rings is 1. The van der Waals surface area contributed by atoms with Crippen molar-refractivity contribution in [2.45, 2.75) is 12.5 Å². The lowest BCUT2D eigenvalue weighted by molar-refractivity contribution is -0.142. The van der Waals surface area contributed by atoms with Gasteiger partial charge in [0.25, 0.3) is 0 Å². The molecule has 20 heavy (non-hydrogen) atoms. The molecule has 0 spiro atoms. The molecule has 0 aliphatic carbocycles. The van der Waals surface area contributed by atoms with Crippen molar-refractivity contribution in [1.82, 2.24) is 15.3 Å². The SMILES string of the molecule is COC(=O)[C@@H](Cc1ccc2[nH]c(=O)[nH]c2c1)NC(=O)O. The topological polar surface area (TPSA) is 124 Å². The van der Waals surface area contributed by atoms with Gasteiger partial charge in [0.15, 0.2) is 0 Å². The molecule has 0 saturated carbocycles. The highest BCUT2D eigenvalue weighted by Gasteiger charge is 2.21. The third-order valence-corrected chi connectivity index (χ3v) is 2.80. The molecule has 2 rings (SSSR count). The molecule has 0 unspecified atom stereocenters. The van der Waals surface area contributed by atoms with Crippen LogP contribution in [0.15, 0.2) is 23.0 Å². The third kappa shape index (κ3) is 2.97. The van der Waals surface area contributed by atoms with Gasteiger partial charge in [0, 0.05) is 6.42 Å². The second kappa shape index (κ2) is 5.47. The molecule has 1 amide bonds. The number of methoxy groups -OCH3 is 1. The Morgan fingerprint density at radius 3 is 2.70 bits per heavy atom. The van der Waals surface area contributed by atoms with Crippen molar-refractivity contribution in [3.63, 3.8) is 0 Å². The number of aromatic nitrogens is 2. The molecule has 1 heterocycles. The van der Waals surface area contributed by atoms with Gasteiger partial charge in [0.05, 0.1) is 18.1 Å². The first-order valence-corrected chi connectivity index (χ1v) is 5.78. The lowest BCUT2D eigenvalue weighted by Crippen LogP contribution is -2.42. The summed E-state index contributed by atoms with van der Waals surface area (Å²) in [4.78, 5) is 38.5. The zero-order valence-corrected chi connectivity index (χ0v) is 10.6. The van der Waals surface area contributed by atoms with Crippen LogP contribution in [0.1, 0.15) is 5.56 Å². The van der Waals surface area contributed by atoms with Crippen LogP contribution in [0.5, 0.6) is 0 Å². The minimum absolute atomic E-state index is 0.127. The first-order valence-electron chi connectivity index (χ1n) is 5.78. The van der Waals surface area contributed by atoms with Crippen LogP contribution in [0.2, 0.25) is 0 Å². The van der Waals surface area contributed by atoms with Crippen molar-refractivity contribution in [3.8, 4) is 0 Å². The Morgan fingerprint density at radius 2 is 2.05 bits per heavy atom. The van der Waals surface area contributed by atoms with Crippen LogP contribution in [0, 0.1) is 0 Å². The zero-order chi connectivity index (χ0) is 14.7. The Balaban J connectivity index is 2.24. The molecule has 0 saturated heterocycles. The van der Waals surface area contributed by atoms with Gasteiger partial charge < -0.3 is 25.1 Å². The van der Waals surface area contributed by atoms with Crippen molar-refractivity contribution in [2.24, 2.45) is 0 Å². The molecule has 2 aromatic rings. The first-order chi connectivity index (χ1) is 9.49. The van der Waals surface area contributed by atoms with E-state index in [0.717, 1.165) is 0 Å². The Morgan fingerprint density at radius 1 is 1.35 bits per heavy atom. The maximum Gasteiger partial charge on any atom is 0.405 e. The van der Waals surface area contributed by atoms with E-state index in [9.17, 15) is 14.4 Å². The van der Waals surface area contributed by atoms with Crippen molar-refractivity contribution in [1.29, 1.82) is 0 Å². The minimum atomic E-state index is -1.31. The molecule has 0 fully saturated rings. The zero-order valence-electron chi connectivity index (χ0n) is 10.6. The summed E-state index contributed by atoms with van der Waals surface area (Å²) in [5, 5.41) is 10.8. The molecule has 8 heteroatoms. The number of hydrogen-bond acceptors (Lipinski definition) is 4. The minimum Gasteiger partial charge on any atom is -0.467 e. The van der Waals surface area contributed by atoms with Gasteiger partial charge in [-0.05, 0) is 17.7 Å². The average molecular weight is 279 g/mol. The fraction of sp³-hybridized carbons (Fsp3) is 0.250. The number of rotatable bonds is 4. The van der Waals surface area contributed by atoms with Crippen LogP contribution in [-0.4, -0.2) is 40.3 Å². The Kier molecular flexibility index (Phi) is 3.74. The van der Waals surface area contributed by atoms with Crippen molar-refractivity contribution >= 4 is 23.1 Å². The number of carbonyl (C=O) groups excluding carboxylic acids is 1. The largest absolute Gasteiger partial charge is 0.467 e. The highest BCUT2D eigenvalue weighted by Crippen LogP contribution is 2.12. The van der Waals surface area contributed by atoms with Crippen LogP contribution in [0.25, 0.3) is 11.0 Å².